The van der Waals surface area contributed by atoms with Gasteiger partial charge in [0.15, 0.2) is 0 Å². The third kappa shape index (κ3) is 2.43. The summed E-state index contributed by atoms with van der Waals surface area (Å²) in [7, 11) is 0. The Morgan fingerprint density at radius 3 is 3.12 bits per heavy atom. The van der Waals surface area contributed by atoms with Crippen LogP contribution < -0.4 is 5.32 Å². The number of hydrogen-bond acceptors (Lipinski definition) is 5. The van der Waals surface area contributed by atoms with Gasteiger partial charge >= 0.3 is 0 Å². The predicted molar refractivity (Wildman–Crippen MR) is 59.3 cm³/mol. The van der Waals surface area contributed by atoms with Gasteiger partial charge in [-0.2, -0.15) is 0 Å². The summed E-state index contributed by atoms with van der Waals surface area (Å²) in [6.07, 6.45) is 4.13. The lowest BCUT2D eigenvalue weighted by molar-refractivity contribution is 0.0957. The van der Waals surface area contributed by atoms with Crippen molar-refractivity contribution in [2.75, 3.05) is 6.54 Å². The molecule has 0 aliphatic heterocycles. The maximum Gasteiger partial charge on any atom is 0.264 e. The maximum atomic E-state index is 11.6. The second-order valence-corrected chi connectivity index (χ2v) is 3.98. The van der Waals surface area contributed by atoms with Crippen LogP contribution in [-0.4, -0.2) is 32.0 Å². The molecule has 16 heavy (non-hydrogen) atoms. The van der Waals surface area contributed by atoms with Crippen molar-refractivity contribution in [3.8, 4) is 0 Å². The summed E-state index contributed by atoms with van der Waals surface area (Å²) in [5, 5.41) is 6.58. The van der Waals surface area contributed by atoms with Gasteiger partial charge in [-0.1, -0.05) is 4.49 Å². The fourth-order valence-electron chi connectivity index (χ4n) is 1.25. The highest BCUT2D eigenvalue weighted by molar-refractivity contribution is 7.07. The second-order valence-electron chi connectivity index (χ2n) is 3.23. The van der Waals surface area contributed by atoms with Gasteiger partial charge in [-0.25, -0.2) is 4.98 Å². The van der Waals surface area contributed by atoms with Gasteiger partial charge in [0.1, 0.15) is 10.7 Å². The number of carbonyl (C=O) groups is 1. The first kappa shape index (κ1) is 10.7. The van der Waals surface area contributed by atoms with E-state index >= 15 is 0 Å². The zero-order chi connectivity index (χ0) is 11.4. The van der Waals surface area contributed by atoms with Gasteiger partial charge < -0.3 is 10.3 Å². The standard InChI is InChI=1S/C9H11N5OS/c1-6-8(16-14-13-6)9(15)12-3-2-7-10-4-5-11-7/h4-5H,2-3H2,1H3,(H,10,11)(H,12,15). The zero-order valence-electron chi connectivity index (χ0n) is 8.73. The molecule has 6 nitrogen and oxygen atoms in total. The Balaban J connectivity index is 1.83. The van der Waals surface area contributed by atoms with Crippen LogP contribution in [0.15, 0.2) is 12.4 Å². The molecule has 2 aromatic rings. The molecule has 0 atom stereocenters. The number of rotatable bonds is 4. The zero-order valence-corrected chi connectivity index (χ0v) is 9.54. The van der Waals surface area contributed by atoms with Crippen LogP contribution in [0, 0.1) is 6.92 Å². The van der Waals surface area contributed by atoms with Gasteiger partial charge in [0.25, 0.3) is 5.91 Å². The van der Waals surface area contributed by atoms with Crippen molar-refractivity contribution in [2.45, 2.75) is 13.3 Å². The summed E-state index contributed by atoms with van der Waals surface area (Å²) in [6, 6.07) is 0. The minimum Gasteiger partial charge on any atom is -0.351 e. The summed E-state index contributed by atoms with van der Waals surface area (Å²) in [6.45, 7) is 2.31. The maximum absolute atomic E-state index is 11.6. The summed E-state index contributed by atoms with van der Waals surface area (Å²) < 4.78 is 3.71. The average molecular weight is 237 g/mol. The first-order valence-corrected chi connectivity index (χ1v) is 5.60. The smallest absolute Gasteiger partial charge is 0.264 e. The molecular formula is C9H11N5OS. The van der Waals surface area contributed by atoms with E-state index in [4.69, 9.17) is 0 Å². The van der Waals surface area contributed by atoms with Crippen molar-refractivity contribution >= 4 is 17.4 Å². The van der Waals surface area contributed by atoms with Gasteiger partial charge in [0.2, 0.25) is 0 Å². The van der Waals surface area contributed by atoms with Crippen LogP contribution in [0.4, 0.5) is 0 Å². The molecule has 0 spiro atoms. The van der Waals surface area contributed by atoms with Crippen LogP contribution in [0.5, 0.6) is 0 Å². The van der Waals surface area contributed by atoms with Crippen LogP contribution in [0.3, 0.4) is 0 Å². The van der Waals surface area contributed by atoms with Gasteiger partial charge in [-0.15, -0.1) is 5.10 Å². The van der Waals surface area contributed by atoms with E-state index in [2.05, 4.69) is 24.9 Å². The Morgan fingerprint density at radius 2 is 2.50 bits per heavy atom. The summed E-state index contributed by atoms with van der Waals surface area (Å²) >= 11 is 1.11. The van der Waals surface area contributed by atoms with Crippen LogP contribution in [-0.2, 0) is 6.42 Å². The Labute approximate surface area is 96.3 Å². The number of aromatic nitrogens is 4. The van der Waals surface area contributed by atoms with Crippen LogP contribution >= 0.6 is 11.5 Å². The Hall–Kier alpha value is -1.76. The molecule has 0 unspecified atom stereocenters. The Morgan fingerprint density at radius 1 is 1.62 bits per heavy atom. The number of H-pyrrole nitrogens is 1. The number of amides is 1. The molecule has 0 aliphatic carbocycles. The number of nitrogens with zero attached hydrogens (tertiary/aromatic N) is 3. The van der Waals surface area contributed by atoms with Crippen molar-refractivity contribution < 1.29 is 4.79 Å². The number of aromatic amines is 1. The molecule has 2 heterocycles. The van der Waals surface area contributed by atoms with Crippen molar-refractivity contribution in [3.05, 3.63) is 28.8 Å². The number of aryl methyl sites for hydroxylation is 1. The molecule has 1 amide bonds. The Bertz CT molecular complexity index is 464. The molecule has 0 aliphatic rings. The molecule has 2 rings (SSSR count). The predicted octanol–water partition coefficient (Wildman–Crippen LogP) is 0.542. The van der Waals surface area contributed by atoms with Gasteiger partial charge in [-0.3, -0.25) is 4.79 Å². The first-order chi connectivity index (χ1) is 7.77. The third-order valence-electron chi connectivity index (χ3n) is 2.06. The number of imidazole rings is 1. The number of carbonyl (C=O) groups excluding carboxylic acids is 1. The molecule has 2 aromatic heterocycles. The van der Waals surface area contributed by atoms with Gasteiger partial charge in [0.05, 0.1) is 5.69 Å². The van der Waals surface area contributed by atoms with Crippen LogP contribution in [0.25, 0.3) is 0 Å². The number of nitrogens with one attached hydrogen (secondary N) is 2. The lowest BCUT2D eigenvalue weighted by Gasteiger charge is -2.01. The van der Waals surface area contributed by atoms with Crippen LogP contribution in [0.1, 0.15) is 21.2 Å². The largest absolute Gasteiger partial charge is 0.351 e. The molecule has 0 bridgehead atoms. The molecule has 0 aromatic carbocycles. The molecule has 0 fully saturated rings. The summed E-state index contributed by atoms with van der Waals surface area (Å²) in [5.74, 6) is 0.735. The van der Waals surface area contributed by atoms with Gasteiger partial charge in [-0.05, 0) is 18.5 Å². The lowest BCUT2D eigenvalue weighted by Crippen LogP contribution is -2.25. The van der Waals surface area contributed by atoms with E-state index in [0.717, 1.165) is 17.4 Å². The van der Waals surface area contributed by atoms with Crippen molar-refractivity contribution in [2.24, 2.45) is 0 Å². The lowest BCUT2D eigenvalue weighted by atomic mass is 10.3. The Kier molecular flexibility index (Phi) is 3.25. The fourth-order valence-corrected chi connectivity index (χ4v) is 1.82. The first-order valence-electron chi connectivity index (χ1n) is 4.83. The van der Waals surface area contributed by atoms with E-state index in [0.29, 0.717) is 23.5 Å². The average Bonchev–Trinajstić information content (AvgIpc) is 2.88. The minimum atomic E-state index is -0.126. The fraction of sp³-hybridized carbons (Fsp3) is 0.333. The van der Waals surface area contributed by atoms with E-state index < -0.39 is 0 Å². The molecule has 0 saturated heterocycles. The molecule has 0 radical (unpaired) electrons. The van der Waals surface area contributed by atoms with E-state index in [-0.39, 0.29) is 5.91 Å². The second kappa shape index (κ2) is 4.84. The SMILES string of the molecule is Cc1nnsc1C(=O)NCCc1ncc[nH]1. The van der Waals surface area contributed by atoms with E-state index in [9.17, 15) is 4.79 Å². The van der Waals surface area contributed by atoms with E-state index in [1.165, 1.54) is 0 Å². The van der Waals surface area contributed by atoms with Gasteiger partial charge in [0, 0.05) is 25.4 Å². The monoisotopic (exact) mass is 237 g/mol. The highest BCUT2D eigenvalue weighted by Gasteiger charge is 2.12. The van der Waals surface area contributed by atoms with E-state index in [1.54, 1.807) is 19.3 Å². The van der Waals surface area contributed by atoms with Crippen molar-refractivity contribution in [3.63, 3.8) is 0 Å². The summed E-state index contributed by atoms with van der Waals surface area (Å²) in [4.78, 5) is 19.2. The van der Waals surface area contributed by atoms with Crippen LogP contribution in [0.2, 0.25) is 0 Å². The summed E-state index contributed by atoms with van der Waals surface area (Å²) in [5.41, 5.74) is 0.667. The third-order valence-corrected chi connectivity index (χ3v) is 2.89. The van der Waals surface area contributed by atoms with Crippen molar-refractivity contribution in [1.82, 2.24) is 24.9 Å². The molecule has 2 N–H and O–H groups in total. The molecule has 84 valence electrons. The quantitative estimate of drug-likeness (QED) is 0.813. The molecule has 0 saturated carbocycles. The highest BCUT2D eigenvalue weighted by atomic mass is 32.1. The molecule has 7 heteroatoms. The topological polar surface area (TPSA) is 83.6 Å². The van der Waals surface area contributed by atoms with E-state index in [1.807, 2.05) is 0 Å². The minimum absolute atomic E-state index is 0.126. The highest BCUT2D eigenvalue weighted by Crippen LogP contribution is 2.08. The van der Waals surface area contributed by atoms with Crippen molar-refractivity contribution in [1.29, 1.82) is 0 Å². The normalized spacial score (nSPS) is 10.3. The molecular weight excluding hydrogens is 226 g/mol. The number of hydrogen-bond donors (Lipinski definition) is 2.